The zero-order valence-electron chi connectivity index (χ0n) is 11.1. The van der Waals surface area contributed by atoms with Crippen molar-refractivity contribution in [2.45, 2.75) is 43.8 Å². The van der Waals surface area contributed by atoms with Gasteiger partial charge in [-0.3, -0.25) is 0 Å². The van der Waals surface area contributed by atoms with E-state index in [-0.39, 0.29) is 12.3 Å². The van der Waals surface area contributed by atoms with Crippen LogP contribution >= 0.6 is 0 Å². The average Bonchev–Trinajstić information content (AvgIpc) is 2.41. The van der Waals surface area contributed by atoms with Gasteiger partial charge in [-0.05, 0) is 31.0 Å². The number of benzene rings is 1. The standard InChI is InChI=1S/C14H19F3N2O/c15-14(16,17)11-8-10(4-5-12(11)18)19-13(9-20)6-2-1-3-7-13/h4-5,8,19-20H,1-3,6-7,9,18H2. The van der Waals surface area contributed by atoms with Crippen LogP contribution in [-0.4, -0.2) is 17.3 Å². The van der Waals surface area contributed by atoms with E-state index < -0.39 is 17.3 Å². The van der Waals surface area contributed by atoms with Gasteiger partial charge in [-0.25, -0.2) is 0 Å². The van der Waals surface area contributed by atoms with Crippen LogP contribution in [0.5, 0.6) is 0 Å². The second-order valence-electron chi connectivity index (χ2n) is 5.42. The van der Waals surface area contributed by atoms with Crippen molar-refractivity contribution in [3.63, 3.8) is 0 Å². The zero-order valence-corrected chi connectivity index (χ0v) is 11.1. The molecule has 1 aliphatic carbocycles. The molecule has 112 valence electrons. The molecule has 0 aromatic heterocycles. The Morgan fingerprint density at radius 2 is 1.85 bits per heavy atom. The maximum Gasteiger partial charge on any atom is 0.418 e. The SMILES string of the molecule is Nc1ccc(NC2(CO)CCCCC2)cc1C(F)(F)F. The Balaban J connectivity index is 2.25. The Kier molecular flexibility index (Phi) is 4.13. The molecule has 1 aromatic carbocycles. The highest BCUT2D eigenvalue weighted by atomic mass is 19.4. The fraction of sp³-hybridized carbons (Fsp3) is 0.571. The normalized spacial score (nSPS) is 18.8. The average molecular weight is 288 g/mol. The first-order valence-corrected chi connectivity index (χ1v) is 6.72. The van der Waals surface area contributed by atoms with Crippen LogP contribution in [0.25, 0.3) is 0 Å². The predicted molar refractivity (Wildman–Crippen MR) is 72.4 cm³/mol. The van der Waals surface area contributed by atoms with Gasteiger partial charge in [0, 0.05) is 11.4 Å². The molecule has 0 unspecified atom stereocenters. The van der Waals surface area contributed by atoms with E-state index in [1.54, 1.807) is 0 Å². The van der Waals surface area contributed by atoms with Gasteiger partial charge in [0.25, 0.3) is 0 Å². The van der Waals surface area contributed by atoms with E-state index in [2.05, 4.69) is 5.32 Å². The van der Waals surface area contributed by atoms with Crippen molar-refractivity contribution >= 4 is 11.4 Å². The Morgan fingerprint density at radius 3 is 2.40 bits per heavy atom. The Hall–Kier alpha value is -1.43. The summed E-state index contributed by atoms with van der Waals surface area (Å²) in [5.74, 6) is 0. The number of hydrogen-bond acceptors (Lipinski definition) is 3. The van der Waals surface area contributed by atoms with Crippen LogP contribution in [0.3, 0.4) is 0 Å². The number of anilines is 2. The second-order valence-corrected chi connectivity index (χ2v) is 5.42. The van der Waals surface area contributed by atoms with E-state index in [0.29, 0.717) is 5.69 Å². The molecule has 1 aliphatic rings. The minimum absolute atomic E-state index is 0.0846. The number of aliphatic hydroxyl groups excluding tert-OH is 1. The highest BCUT2D eigenvalue weighted by Crippen LogP contribution is 2.37. The molecule has 1 saturated carbocycles. The summed E-state index contributed by atoms with van der Waals surface area (Å²) in [6.07, 6.45) is 0.0768. The fourth-order valence-electron chi connectivity index (χ4n) is 2.74. The van der Waals surface area contributed by atoms with Crippen LogP contribution in [0.4, 0.5) is 24.5 Å². The molecule has 0 radical (unpaired) electrons. The maximum absolute atomic E-state index is 12.8. The van der Waals surface area contributed by atoms with Crippen LogP contribution in [-0.2, 0) is 6.18 Å². The second kappa shape index (κ2) is 5.52. The fourth-order valence-corrected chi connectivity index (χ4v) is 2.74. The van der Waals surface area contributed by atoms with Gasteiger partial charge in [-0.15, -0.1) is 0 Å². The molecule has 2 rings (SSSR count). The van der Waals surface area contributed by atoms with E-state index in [9.17, 15) is 18.3 Å². The monoisotopic (exact) mass is 288 g/mol. The van der Waals surface area contributed by atoms with Gasteiger partial charge in [0.15, 0.2) is 0 Å². The van der Waals surface area contributed by atoms with Gasteiger partial charge in [-0.2, -0.15) is 13.2 Å². The highest BCUT2D eigenvalue weighted by Gasteiger charge is 2.35. The van der Waals surface area contributed by atoms with Crippen LogP contribution in [0, 0.1) is 0 Å². The van der Waals surface area contributed by atoms with Gasteiger partial charge in [0.05, 0.1) is 17.7 Å². The van der Waals surface area contributed by atoms with Crippen molar-refractivity contribution in [2.24, 2.45) is 0 Å². The number of nitrogen functional groups attached to an aromatic ring is 1. The van der Waals surface area contributed by atoms with E-state index in [4.69, 9.17) is 5.73 Å². The topological polar surface area (TPSA) is 58.3 Å². The summed E-state index contributed by atoms with van der Waals surface area (Å²) in [7, 11) is 0. The maximum atomic E-state index is 12.8. The van der Waals surface area contributed by atoms with E-state index in [1.807, 2.05) is 0 Å². The molecule has 0 atom stereocenters. The van der Waals surface area contributed by atoms with Crippen LogP contribution in [0.1, 0.15) is 37.7 Å². The first-order valence-electron chi connectivity index (χ1n) is 6.72. The highest BCUT2D eigenvalue weighted by molar-refractivity contribution is 5.59. The number of aliphatic hydroxyl groups is 1. The quantitative estimate of drug-likeness (QED) is 0.747. The molecular weight excluding hydrogens is 269 g/mol. The number of alkyl halides is 3. The number of nitrogens with one attached hydrogen (secondary N) is 1. The van der Waals surface area contributed by atoms with Gasteiger partial charge in [0.1, 0.15) is 0 Å². The van der Waals surface area contributed by atoms with Crippen molar-refractivity contribution in [2.75, 3.05) is 17.7 Å². The summed E-state index contributed by atoms with van der Waals surface area (Å²) in [4.78, 5) is 0. The van der Waals surface area contributed by atoms with E-state index in [1.165, 1.54) is 12.1 Å². The molecule has 3 nitrogen and oxygen atoms in total. The van der Waals surface area contributed by atoms with Crippen LogP contribution in [0.2, 0.25) is 0 Å². The third kappa shape index (κ3) is 3.17. The molecule has 1 aromatic rings. The van der Waals surface area contributed by atoms with E-state index >= 15 is 0 Å². The summed E-state index contributed by atoms with van der Waals surface area (Å²) in [6, 6.07) is 3.79. The molecule has 4 N–H and O–H groups in total. The lowest BCUT2D eigenvalue weighted by molar-refractivity contribution is -0.136. The molecular formula is C14H19F3N2O. The van der Waals surface area contributed by atoms with Gasteiger partial charge in [0.2, 0.25) is 0 Å². The van der Waals surface area contributed by atoms with Crippen molar-refractivity contribution in [3.05, 3.63) is 23.8 Å². The third-order valence-corrected chi connectivity index (χ3v) is 3.88. The Bertz CT molecular complexity index is 468. The van der Waals surface area contributed by atoms with Crippen molar-refractivity contribution < 1.29 is 18.3 Å². The largest absolute Gasteiger partial charge is 0.418 e. The van der Waals surface area contributed by atoms with Crippen molar-refractivity contribution in [3.8, 4) is 0 Å². The molecule has 6 heteroatoms. The molecule has 20 heavy (non-hydrogen) atoms. The Labute approximate surface area is 116 Å². The number of halogens is 3. The predicted octanol–water partition coefficient (Wildman–Crippen LogP) is 3.39. The molecule has 0 amide bonds. The summed E-state index contributed by atoms with van der Waals surface area (Å²) in [5, 5.41) is 12.7. The van der Waals surface area contributed by atoms with Gasteiger partial charge >= 0.3 is 6.18 Å². The smallest absolute Gasteiger partial charge is 0.398 e. The molecule has 0 heterocycles. The minimum atomic E-state index is -4.47. The number of nitrogens with two attached hydrogens (primary N) is 1. The van der Waals surface area contributed by atoms with Crippen LogP contribution in [0.15, 0.2) is 18.2 Å². The lowest BCUT2D eigenvalue weighted by Crippen LogP contribution is -2.43. The lowest BCUT2D eigenvalue weighted by atomic mass is 9.82. The van der Waals surface area contributed by atoms with E-state index in [0.717, 1.165) is 38.2 Å². The first-order chi connectivity index (χ1) is 9.36. The van der Waals surface area contributed by atoms with Gasteiger partial charge in [-0.1, -0.05) is 19.3 Å². The summed E-state index contributed by atoms with van der Waals surface area (Å²) >= 11 is 0. The molecule has 1 fully saturated rings. The molecule has 0 spiro atoms. The minimum Gasteiger partial charge on any atom is -0.398 e. The molecule has 0 bridgehead atoms. The van der Waals surface area contributed by atoms with Gasteiger partial charge < -0.3 is 16.2 Å². The van der Waals surface area contributed by atoms with Crippen molar-refractivity contribution in [1.82, 2.24) is 0 Å². The number of hydrogen-bond donors (Lipinski definition) is 3. The third-order valence-electron chi connectivity index (χ3n) is 3.88. The Morgan fingerprint density at radius 1 is 1.20 bits per heavy atom. The first kappa shape index (κ1) is 15.0. The molecule has 0 saturated heterocycles. The summed E-state index contributed by atoms with van der Waals surface area (Å²) in [6.45, 7) is -0.0846. The molecule has 0 aliphatic heterocycles. The number of rotatable bonds is 3. The lowest BCUT2D eigenvalue weighted by Gasteiger charge is -2.37. The zero-order chi connectivity index (χ0) is 14.8. The summed E-state index contributed by atoms with van der Waals surface area (Å²) < 4.78 is 38.5. The van der Waals surface area contributed by atoms with Crippen LogP contribution < -0.4 is 11.1 Å². The summed E-state index contributed by atoms with van der Waals surface area (Å²) in [5.41, 5.74) is 4.08. The van der Waals surface area contributed by atoms with Crippen molar-refractivity contribution in [1.29, 1.82) is 0 Å².